The van der Waals surface area contributed by atoms with E-state index >= 15 is 0 Å². The molecule has 3 aromatic rings. The Bertz CT molecular complexity index is 877. The highest BCUT2D eigenvalue weighted by atomic mass is 16.3. The minimum atomic E-state index is -0.943. The molecule has 22 heavy (non-hydrogen) atoms. The van der Waals surface area contributed by atoms with Gasteiger partial charge in [0.15, 0.2) is 5.78 Å². The Kier molecular flexibility index (Phi) is 3.67. The van der Waals surface area contributed by atoms with Gasteiger partial charge in [-0.2, -0.15) is 5.26 Å². The largest absolute Gasteiger partial charge is 0.469 e. The molecule has 0 saturated heterocycles. The van der Waals surface area contributed by atoms with Crippen LogP contribution in [0, 0.1) is 18.3 Å². The summed E-state index contributed by atoms with van der Waals surface area (Å²) in [6.07, 6.45) is 3.10. The van der Waals surface area contributed by atoms with Gasteiger partial charge in [0.05, 0.1) is 41.7 Å². The summed E-state index contributed by atoms with van der Waals surface area (Å²) >= 11 is 0. The van der Waals surface area contributed by atoms with E-state index in [0.717, 1.165) is 11.1 Å². The SMILES string of the molecule is Cc1ccoc1CC(=O)C(C#N)c1cnc2ccccc2n1. The van der Waals surface area contributed by atoms with Gasteiger partial charge in [-0.3, -0.25) is 9.78 Å². The summed E-state index contributed by atoms with van der Waals surface area (Å²) in [5.41, 5.74) is 2.67. The van der Waals surface area contributed by atoms with Crippen molar-refractivity contribution in [1.29, 1.82) is 5.26 Å². The monoisotopic (exact) mass is 291 g/mol. The summed E-state index contributed by atoms with van der Waals surface area (Å²) in [6.45, 7) is 1.86. The van der Waals surface area contributed by atoms with Crippen molar-refractivity contribution in [2.75, 3.05) is 0 Å². The zero-order chi connectivity index (χ0) is 15.5. The highest BCUT2D eigenvalue weighted by molar-refractivity contribution is 5.90. The van der Waals surface area contributed by atoms with Crippen LogP contribution >= 0.6 is 0 Å². The van der Waals surface area contributed by atoms with Crippen LogP contribution in [-0.2, 0) is 11.2 Å². The number of para-hydroxylation sites is 2. The summed E-state index contributed by atoms with van der Waals surface area (Å²) in [5, 5.41) is 9.35. The molecule has 0 aliphatic heterocycles. The van der Waals surface area contributed by atoms with Gasteiger partial charge in [-0.1, -0.05) is 12.1 Å². The minimum absolute atomic E-state index is 0.0750. The third-order valence-electron chi connectivity index (χ3n) is 3.52. The first kappa shape index (κ1) is 14.0. The van der Waals surface area contributed by atoms with Gasteiger partial charge in [0.2, 0.25) is 0 Å². The molecule has 1 atom stereocenters. The van der Waals surface area contributed by atoms with Crippen LogP contribution in [0.5, 0.6) is 0 Å². The molecule has 0 bridgehead atoms. The molecule has 2 heterocycles. The van der Waals surface area contributed by atoms with Gasteiger partial charge in [-0.25, -0.2) is 4.98 Å². The summed E-state index contributed by atoms with van der Waals surface area (Å²) in [4.78, 5) is 21.0. The first-order valence-electron chi connectivity index (χ1n) is 6.86. The Morgan fingerprint density at radius 2 is 2.09 bits per heavy atom. The minimum Gasteiger partial charge on any atom is -0.469 e. The number of carbonyl (C=O) groups excluding carboxylic acids is 1. The van der Waals surface area contributed by atoms with E-state index in [1.165, 1.54) is 12.5 Å². The molecule has 0 aliphatic carbocycles. The van der Waals surface area contributed by atoms with Gasteiger partial charge in [-0.15, -0.1) is 0 Å². The number of hydrogen-bond acceptors (Lipinski definition) is 5. The zero-order valence-electron chi connectivity index (χ0n) is 12.0. The van der Waals surface area contributed by atoms with Gasteiger partial charge < -0.3 is 4.42 Å². The summed E-state index contributed by atoms with van der Waals surface area (Å²) in [5.74, 6) is -0.606. The molecule has 0 amide bonds. The van der Waals surface area contributed by atoms with Gasteiger partial charge in [-0.05, 0) is 30.7 Å². The predicted molar refractivity (Wildman–Crippen MR) is 80.0 cm³/mol. The van der Waals surface area contributed by atoms with Crippen LogP contribution in [-0.4, -0.2) is 15.8 Å². The third-order valence-corrected chi connectivity index (χ3v) is 3.52. The van der Waals surface area contributed by atoms with Gasteiger partial charge in [0, 0.05) is 0 Å². The van der Waals surface area contributed by atoms with E-state index in [4.69, 9.17) is 4.42 Å². The number of nitriles is 1. The number of nitrogens with zero attached hydrogens (tertiary/aromatic N) is 3. The van der Waals surface area contributed by atoms with Crippen LogP contribution in [0.15, 0.2) is 47.2 Å². The molecule has 3 rings (SSSR count). The van der Waals surface area contributed by atoms with Crippen molar-refractivity contribution >= 4 is 16.8 Å². The van der Waals surface area contributed by atoms with Crippen molar-refractivity contribution < 1.29 is 9.21 Å². The maximum absolute atomic E-state index is 12.4. The Hall–Kier alpha value is -3.00. The highest BCUT2D eigenvalue weighted by Gasteiger charge is 2.24. The Morgan fingerprint density at radius 3 is 2.77 bits per heavy atom. The molecule has 0 saturated carbocycles. The lowest BCUT2D eigenvalue weighted by Crippen LogP contribution is -2.15. The van der Waals surface area contributed by atoms with Crippen molar-refractivity contribution in [2.45, 2.75) is 19.3 Å². The maximum Gasteiger partial charge on any atom is 0.163 e. The van der Waals surface area contributed by atoms with Crippen molar-refractivity contribution in [2.24, 2.45) is 0 Å². The number of fused-ring (bicyclic) bond motifs is 1. The van der Waals surface area contributed by atoms with Crippen molar-refractivity contribution in [3.05, 3.63) is 59.8 Å². The molecule has 0 fully saturated rings. The molecule has 0 spiro atoms. The lowest BCUT2D eigenvalue weighted by Gasteiger charge is -2.08. The van der Waals surface area contributed by atoms with Crippen molar-refractivity contribution in [3.8, 4) is 6.07 Å². The van der Waals surface area contributed by atoms with Crippen LogP contribution < -0.4 is 0 Å². The highest BCUT2D eigenvalue weighted by Crippen LogP contribution is 2.20. The first-order valence-corrected chi connectivity index (χ1v) is 6.86. The van der Waals surface area contributed by atoms with Gasteiger partial charge in [0.25, 0.3) is 0 Å². The summed E-state index contributed by atoms with van der Waals surface area (Å²) < 4.78 is 5.27. The van der Waals surface area contributed by atoms with E-state index in [1.54, 1.807) is 12.1 Å². The van der Waals surface area contributed by atoms with Crippen LogP contribution in [0.4, 0.5) is 0 Å². The fourth-order valence-corrected chi connectivity index (χ4v) is 2.26. The number of hydrogen-bond donors (Lipinski definition) is 0. The zero-order valence-corrected chi connectivity index (χ0v) is 12.0. The van der Waals surface area contributed by atoms with Crippen molar-refractivity contribution in [1.82, 2.24) is 9.97 Å². The van der Waals surface area contributed by atoms with Gasteiger partial charge >= 0.3 is 0 Å². The Labute approximate surface area is 127 Å². The standard InChI is InChI=1S/C17H13N3O2/c1-11-6-7-22-17(11)8-16(21)12(9-18)15-10-19-13-4-2-3-5-14(13)20-15/h2-7,10,12H,8H2,1H3. The molecule has 0 aliphatic rings. The van der Waals surface area contributed by atoms with E-state index in [-0.39, 0.29) is 12.2 Å². The average molecular weight is 291 g/mol. The molecule has 2 aromatic heterocycles. The van der Waals surface area contributed by atoms with E-state index in [0.29, 0.717) is 17.0 Å². The number of benzene rings is 1. The number of furan rings is 1. The molecular formula is C17H13N3O2. The topological polar surface area (TPSA) is 79.8 Å². The fourth-order valence-electron chi connectivity index (χ4n) is 2.26. The molecule has 1 aromatic carbocycles. The summed E-state index contributed by atoms with van der Waals surface area (Å²) in [6, 6.07) is 11.2. The summed E-state index contributed by atoms with van der Waals surface area (Å²) in [7, 11) is 0. The van der Waals surface area contributed by atoms with Crippen LogP contribution in [0.1, 0.15) is 22.9 Å². The van der Waals surface area contributed by atoms with E-state index < -0.39 is 5.92 Å². The van der Waals surface area contributed by atoms with Crippen LogP contribution in [0.25, 0.3) is 11.0 Å². The van der Waals surface area contributed by atoms with Crippen LogP contribution in [0.2, 0.25) is 0 Å². The number of ketones is 1. The molecule has 5 heteroatoms. The maximum atomic E-state index is 12.4. The number of Topliss-reactive ketones (excluding diaryl/α,β-unsaturated/α-hetero) is 1. The molecule has 0 N–H and O–H groups in total. The predicted octanol–water partition coefficient (Wildman–Crippen LogP) is 2.95. The van der Waals surface area contributed by atoms with E-state index in [2.05, 4.69) is 9.97 Å². The van der Waals surface area contributed by atoms with Crippen molar-refractivity contribution in [3.63, 3.8) is 0 Å². The fraction of sp³-hybridized carbons (Fsp3) is 0.176. The first-order chi connectivity index (χ1) is 10.7. The number of rotatable bonds is 4. The lowest BCUT2D eigenvalue weighted by atomic mass is 9.98. The Morgan fingerprint density at radius 1 is 1.32 bits per heavy atom. The number of carbonyl (C=O) groups is 1. The second-order valence-corrected chi connectivity index (χ2v) is 5.02. The molecule has 0 radical (unpaired) electrons. The second-order valence-electron chi connectivity index (χ2n) is 5.02. The normalized spacial score (nSPS) is 12.0. The average Bonchev–Trinajstić information content (AvgIpc) is 2.93. The van der Waals surface area contributed by atoms with E-state index in [9.17, 15) is 10.1 Å². The van der Waals surface area contributed by atoms with Crippen LogP contribution in [0.3, 0.4) is 0 Å². The number of aryl methyl sites for hydroxylation is 1. The second kappa shape index (κ2) is 5.78. The Balaban J connectivity index is 1.90. The number of aromatic nitrogens is 2. The quantitative estimate of drug-likeness (QED) is 0.738. The molecule has 5 nitrogen and oxygen atoms in total. The van der Waals surface area contributed by atoms with Gasteiger partial charge in [0.1, 0.15) is 11.7 Å². The smallest absolute Gasteiger partial charge is 0.163 e. The molecular weight excluding hydrogens is 278 g/mol. The van der Waals surface area contributed by atoms with E-state index in [1.807, 2.05) is 31.2 Å². The molecule has 108 valence electrons. The molecule has 1 unspecified atom stereocenters. The lowest BCUT2D eigenvalue weighted by molar-refractivity contribution is -0.119. The third kappa shape index (κ3) is 2.59.